The van der Waals surface area contributed by atoms with Crippen molar-refractivity contribution in [3.63, 3.8) is 0 Å². The maximum Gasteiger partial charge on any atom is 0.221 e. The van der Waals surface area contributed by atoms with Crippen LogP contribution in [0.1, 0.15) is 30.4 Å². The summed E-state index contributed by atoms with van der Waals surface area (Å²) < 4.78 is 2.22. The van der Waals surface area contributed by atoms with Gasteiger partial charge in [-0.1, -0.05) is 36.4 Å². The summed E-state index contributed by atoms with van der Waals surface area (Å²) in [6.07, 6.45) is 3.90. The molecule has 1 aliphatic heterocycles. The number of hydrogen-bond donors (Lipinski definition) is 2. The molecule has 0 aliphatic carbocycles. The van der Waals surface area contributed by atoms with Crippen molar-refractivity contribution >= 4 is 45.4 Å². The highest BCUT2D eigenvalue weighted by atomic mass is 32.1. The van der Waals surface area contributed by atoms with Gasteiger partial charge < -0.3 is 20.1 Å². The first-order valence-electron chi connectivity index (χ1n) is 12.1. The Labute approximate surface area is 220 Å². The number of carbonyl (C=O) groups excluding carboxylic acids is 1. The number of benzene rings is 3. The SMILES string of the molecule is CC(=O)Nc1ccc(N2C(=S)NC(c3ccccn3)C2c2cccn2-c2ccc3ccccc3c2)cc1. The number of carbonyl (C=O) groups is 1. The molecule has 37 heavy (non-hydrogen) atoms. The molecule has 0 spiro atoms. The van der Waals surface area contributed by atoms with Gasteiger partial charge in [-0.25, -0.2) is 0 Å². The van der Waals surface area contributed by atoms with Gasteiger partial charge in [0, 0.05) is 42.1 Å². The van der Waals surface area contributed by atoms with Crippen LogP contribution in [-0.4, -0.2) is 20.6 Å². The second kappa shape index (κ2) is 9.52. The summed E-state index contributed by atoms with van der Waals surface area (Å²) in [5.74, 6) is -0.104. The fraction of sp³-hybridized carbons (Fsp3) is 0.100. The summed E-state index contributed by atoms with van der Waals surface area (Å²) in [7, 11) is 0. The van der Waals surface area contributed by atoms with E-state index in [2.05, 4.69) is 85.9 Å². The molecule has 2 aromatic heterocycles. The van der Waals surface area contributed by atoms with Crippen molar-refractivity contribution in [3.05, 3.63) is 121 Å². The average molecular weight is 504 g/mol. The lowest BCUT2D eigenvalue weighted by molar-refractivity contribution is -0.114. The summed E-state index contributed by atoms with van der Waals surface area (Å²) in [6, 6.07) is 32.5. The van der Waals surface area contributed by atoms with Gasteiger partial charge in [0.2, 0.25) is 5.91 Å². The Morgan fingerprint density at radius 1 is 0.892 bits per heavy atom. The topological polar surface area (TPSA) is 62.2 Å². The van der Waals surface area contributed by atoms with Crippen molar-refractivity contribution in [1.29, 1.82) is 0 Å². The van der Waals surface area contributed by atoms with Gasteiger partial charge in [0.25, 0.3) is 0 Å². The second-order valence-corrected chi connectivity index (χ2v) is 9.45. The molecule has 7 heteroatoms. The molecule has 182 valence electrons. The van der Waals surface area contributed by atoms with Crippen LogP contribution in [0.5, 0.6) is 0 Å². The van der Waals surface area contributed by atoms with Gasteiger partial charge in [-0.3, -0.25) is 9.78 Å². The van der Waals surface area contributed by atoms with E-state index in [0.29, 0.717) is 5.11 Å². The first-order chi connectivity index (χ1) is 18.1. The summed E-state index contributed by atoms with van der Waals surface area (Å²) in [4.78, 5) is 18.3. The van der Waals surface area contributed by atoms with Gasteiger partial charge >= 0.3 is 0 Å². The van der Waals surface area contributed by atoms with Crippen LogP contribution in [0.3, 0.4) is 0 Å². The molecule has 0 saturated carbocycles. The van der Waals surface area contributed by atoms with Crippen molar-refractivity contribution in [2.24, 2.45) is 0 Å². The number of fused-ring (bicyclic) bond motifs is 1. The summed E-state index contributed by atoms with van der Waals surface area (Å²) in [5, 5.41) is 9.37. The predicted molar refractivity (Wildman–Crippen MR) is 152 cm³/mol. The third kappa shape index (κ3) is 4.34. The molecule has 6 rings (SSSR count). The third-order valence-electron chi connectivity index (χ3n) is 6.66. The number of anilines is 2. The van der Waals surface area contributed by atoms with E-state index in [9.17, 15) is 4.79 Å². The Morgan fingerprint density at radius 3 is 2.41 bits per heavy atom. The molecular formula is C30H25N5OS. The smallest absolute Gasteiger partial charge is 0.221 e. The second-order valence-electron chi connectivity index (χ2n) is 9.06. The monoisotopic (exact) mass is 503 g/mol. The molecule has 6 nitrogen and oxygen atoms in total. The minimum absolute atomic E-state index is 0.104. The Bertz CT molecular complexity index is 1600. The maximum atomic E-state index is 11.5. The Hall–Kier alpha value is -4.49. The van der Waals surface area contributed by atoms with Crippen molar-refractivity contribution in [2.75, 3.05) is 10.2 Å². The van der Waals surface area contributed by atoms with E-state index in [0.717, 1.165) is 28.5 Å². The van der Waals surface area contributed by atoms with E-state index in [1.165, 1.54) is 17.7 Å². The van der Waals surface area contributed by atoms with Crippen molar-refractivity contribution in [1.82, 2.24) is 14.9 Å². The minimum Gasteiger partial charge on any atom is -0.351 e. The van der Waals surface area contributed by atoms with E-state index in [1.54, 1.807) is 0 Å². The van der Waals surface area contributed by atoms with Gasteiger partial charge in [0.15, 0.2) is 5.11 Å². The van der Waals surface area contributed by atoms with Crippen LogP contribution >= 0.6 is 12.2 Å². The van der Waals surface area contributed by atoms with Crippen LogP contribution in [0.4, 0.5) is 11.4 Å². The van der Waals surface area contributed by atoms with E-state index in [1.807, 2.05) is 48.7 Å². The first-order valence-corrected chi connectivity index (χ1v) is 12.5. The number of rotatable bonds is 5. The summed E-state index contributed by atoms with van der Waals surface area (Å²) >= 11 is 5.88. The zero-order valence-electron chi connectivity index (χ0n) is 20.2. The van der Waals surface area contributed by atoms with Crippen LogP contribution in [0.2, 0.25) is 0 Å². The number of aromatic nitrogens is 2. The summed E-state index contributed by atoms with van der Waals surface area (Å²) in [5.41, 5.74) is 4.76. The van der Waals surface area contributed by atoms with Gasteiger partial charge in [0.1, 0.15) is 6.04 Å². The minimum atomic E-state index is -0.157. The lowest BCUT2D eigenvalue weighted by Crippen LogP contribution is -2.30. The highest BCUT2D eigenvalue weighted by molar-refractivity contribution is 7.80. The first kappa shape index (κ1) is 22.9. The third-order valence-corrected chi connectivity index (χ3v) is 6.97. The molecule has 2 N–H and O–H groups in total. The highest BCUT2D eigenvalue weighted by Gasteiger charge is 2.42. The van der Waals surface area contributed by atoms with Crippen LogP contribution in [0.15, 0.2) is 109 Å². The average Bonchev–Trinajstić information content (AvgIpc) is 3.53. The van der Waals surface area contributed by atoms with E-state index >= 15 is 0 Å². The number of nitrogens with zero attached hydrogens (tertiary/aromatic N) is 3. The molecule has 1 aliphatic rings. The molecule has 2 unspecified atom stereocenters. The van der Waals surface area contributed by atoms with E-state index in [-0.39, 0.29) is 18.0 Å². The lowest BCUT2D eigenvalue weighted by Gasteiger charge is -2.29. The number of amides is 1. The largest absolute Gasteiger partial charge is 0.351 e. The van der Waals surface area contributed by atoms with Crippen molar-refractivity contribution in [2.45, 2.75) is 19.0 Å². The molecule has 2 atom stereocenters. The number of hydrogen-bond acceptors (Lipinski definition) is 3. The van der Waals surface area contributed by atoms with Crippen LogP contribution in [0, 0.1) is 0 Å². The van der Waals surface area contributed by atoms with Gasteiger partial charge in [-0.15, -0.1) is 0 Å². The summed E-state index contributed by atoms with van der Waals surface area (Å²) in [6.45, 7) is 1.50. The molecule has 0 bridgehead atoms. The fourth-order valence-corrected chi connectivity index (χ4v) is 5.38. The molecule has 1 fully saturated rings. The molecular weight excluding hydrogens is 478 g/mol. The number of pyridine rings is 1. The number of nitrogens with one attached hydrogen (secondary N) is 2. The normalized spacial score (nSPS) is 17.1. The molecule has 1 saturated heterocycles. The highest BCUT2D eigenvalue weighted by Crippen LogP contribution is 2.42. The van der Waals surface area contributed by atoms with Crippen LogP contribution in [-0.2, 0) is 4.79 Å². The standard InChI is InChI=1S/C30H25N5OS/c1-20(36)32-23-12-15-24(16-13-23)35-29(28(33-30(35)37)26-9-4-5-17-31-26)27-10-6-18-34(27)25-14-11-21-7-2-3-8-22(21)19-25/h2-19,28-29H,1H3,(H,32,36)(H,33,37). The molecule has 0 radical (unpaired) electrons. The van der Waals surface area contributed by atoms with Crippen molar-refractivity contribution in [3.8, 4) is 5.69 Å². The molecule has 3 aromatic carbocycles. The van der Waals surface area contributed by atoms with Gasteiger partial charge in [0.05, 0.1) is 11.7 Å². The van der Waals surface area contributed by atoms with Gasteiger partial charge in [-0.05, 0) is 83.7 Å². The number of thiocarbonyl (C=S) groups is 1. The van der Waals surface area contributed by atoms with Crippen LogP contribution in [0.25, 0.3) is 16.5 Å². The predicted octanol–water partition coefficient (Wildman–Crippen LogP) is 6.16. The van der Waals surface area contributed by atoms with E-state index < -0.39 is 0 Å². The maximum absolute atomic E-state index is 11.5. The van der Waals surface area contributed by atoms with E-state index in [4.69, 9.17) is 12.2 Å². The Kier molecular flexibility index (Phi) is 5.90. The Balaban J connectivity index is 1.47. The fourth-order valence-electron chi connectivity index (χ4n) is 5.04. The van der Waals surface area contributed by atoms with Crippen LogP contribution < -0.4 is 15.5 Å². The van der Waals surface area contributed by atoms with Crippen molar-refractivity contribution < 1.29 is 4.79 Å². The Morgan fingerprint density at radius 2 is 1.65 bits per heavy atom. The van der Waals surface area contributed by atoms with Gasteiger partial charge in [-0.2, -0.15) is 0 Å². The quantitative estimate of drug-likeness (QED) is 0.281. The zero-order valence-corrected chi connectivity index (χ0v) is 21.0. The lowest BCUT2D eigenvalue weighted by atomic mass is 10.0. The molecule has 1 amide bonds. The molecule has 3 heterocycles. The zero-order chi connectivity index (χ0) is 25.4. The molecule has 5 aromatic rings.